The summed E-state index contributed by atoms with van der Waals surface area (Å²) in [5, 5.41) is 7.70. The Bertz CT molecular complexity index is 1330. The number of anilines is 1. The van der Waals surface area contributed by atoms with Crippen molar-refractivity contribution in [1.29, 1.82) is 0 Å². The molecule has 0 fully saturated rings. The van der Waals surface area contributed by atoms with Crippen molar-refractivity contribution in [3.8, 4) is 9.88 Å². The Morgan fingerprint density at radius 2 is 1.88 bits per heavy atom. The maximum absolute atomic E-state index is 12.9. The second-order valence-electron chi connectivity index (χ2n) is 7.05. The quantitative estimate of drug-likeness (QED) is 0.253. The van der Waals surface area contributed by atoms with Crippen molar-refractivity contribution in [2.75, 3.05) is 4.72 Å². The summed E-state index contributed by atoms with van der Waals surface area (Å²) in [6.07, 6.45) is 0.488. The molecule has 13 heteroatoms. The number of thiazole rings is 2. The number of benzene rings is 1. The summed E-state index contributed by atoms with van der Waals surface area (Å²) in [5.41, 5.74) is 2.70. The number of hydrogen-bond donors (Lipinski definition) is 3. The van der Waals surface area contributed by atoms with E-state index in [1.807, 2.05) is 39.9 Å². The van der Waals surface area contributed by atoms with Gasteiger partial charge in [-0.05, 0) is 42.5 Å². The summed E-state index contributed by atoms with van der Waals surface area (Å²) in [7, 11) is -5.70. The SMILES string of the molecule is Cc1nc(CS(=O)N[C@@H](Cc2ccc(NS(=O)(=O)O)cc2)c2csc(-c3cccs3)n2)cs1. The third kappa shape index (κ3) is 6.99. The van der Waals surface area contributed by atoms with Crippen molar-refractivity contribution in [2.24, 2.45) is 0 Å². The standard InChI is InChI=1S/C20H20N4O4S5/c1-13-21-16(10-30-13)12-32(25)23-17(18-11-31-20(22-18)19-3-2-8-29-19)9-14-4-6-15(7-5-14)24-33(26,27)28/h2-8,10-11,17,23-24H,9,12H2,1H3,(H,26,27,28)/t17-,32?/m0/s1. The molecule has 8 nitrogen and oxygen atoms in total. The lowest BCUT2D eigenvalue weighted by molar-refractivity contribution is 0.489. The zero-order valence-corrected chi connectivity index (χ0v) is 21.4. The van der Waals surface area contributed by atoms with E-state index in [-0.39, 0.29) is 11.7 Å². The molecule has 0 aliphatic rings. The smallest absolute Gasteiger partial charge is 0.269 e. The molecule has 0 bridgehead atoms. The normalized spacial score (nSPS) is 13.6. The van der Waals surface area contributed by atoms with Gasteiger partial charge >= 0.3 is 10.3 Å². The monoisotopic (exact) mass is 540 g/mol. The van der Waals surface area contributed by atoms with E-state index in [0.29, 0.717) is 12.2 Å². The third-order valence-corrected chi connectivity index (χ3v) is 8.79. The average Bonchev–Trinajstić information content (AvgIpc) is 3.49. The van der Waals surface area contributed by atoms with Gasteiger partial charge in [-0.2, -0.15) is 8.42 Å². The fourth-order valence-corrected chi connectivity index (χ4v) is 6.93. The second-order valence-corrected chi connectivity index (χ2v) is 12.3. The predicted octanol–water partition coefficient (Wildman–Crippen LogP) is 4.59. The molecule has 4 rings (SSSR count). The van der Waals surface area contributed by atoms with Gasteiger partial charge in [0.1, 0.15) is 5.01 Å². The number of nitrogens with one attached hydrogen (secondary N) is 2. The molecule has 3 aromatic heterocycles. The molecule has 2 atom stereocenters. The van der Waals surface area contributed by atoms with Crippen molar-refractivity contribution >= 4 is 61.0 Å². The van der Waals surface area contributed by atoms with E-state index < -0.39 is 21.3 Å². The molecule has 0 amide bonds. The van der Waals surface area contributed by atoms with Crippen LogP contribution in [0.1, 0.15) is 28.0 Å². The van der Waals surface area contributed by atoms with Crippen molar-refractivity contribution in [1.82, 2.24) is 14.7 Å². The lowest BCUT2D eigenvalue weighted by Gasteiger charge is -2.17. The number of nitrogens with zero attached hydrogens (tertiary/aromatic N) is 2. The van der Waals surface area contributed by atoms with Crippen LogP contribution in [-0.2, 0) is 33.5 Å². The second kappa shape index (κ2) is 10.5. The van der Waals surface area contributed by atoms with Crippen LogP contribution in [0.5, 0.6) is 0 Å². The molecule has 3 N–H and O–H groups in total. The van der Waals surface area contributed by atoms with E-state index in [9.17, 15) is 12.6 Å². The first-order chi connectivity index (χ1) is 15.7. The largest absolute Gasteiger partial charge is 0.357 e. The van der Waals surface area contributed by atoms with Gasteiger partial charge in [-0.3, -0.25) is 9.27 Å². The molecule has 0 aliphatic heterocycles. The lowest BCUT2D eigenvalue weighted by atomic mass is 10.0. The molecule has 0 radical (unpaired) electrons. The first-order valence-corrected chi connectivity index (χ1v) is 15.0. The van der Waals surface area contributed by atoms with Crippen LogP contribution in [0.3, 0.4) is 0 Å². The average molecular weight is 541 g/mol. The number of aryl methyl sites for hydroxylation is 1. The molecule has 3 heterocycles. The zero-order chi connectivity index (χ0) is 23.4. The summed E-state index contributed by atoms with van der Waals surface area (Å²) in [6.45, 7) is 1.91. The highest BCUT2D eigenvalue weighted by Gasteiger charge is 2.20. The van der Waals surface area contributed by atoms with Crippen molar-refractivity contribution in [3.05, 3.63) is 74.5 Å². The Balaban J connectivity index is 1.53. The minimum Gasteiger partial charge on any atom is -0.269 e. The van der Waals surface area contributed by atoms with Crippen LogP contribution in [0.15, 0.2) is 52.5 Å². The van der Waals surface area contributed by atoms with Crippen molar-refractivity contribution in [2.45, 2.75) is 25.1 Å². The highest BCUT2D eigenvalue weighted by Crippen LogP contribution is 2.31. The maximum Gasteiger partial charge on any atom is 0.357 e. The van der Waals surface area contributed by atoms with Gasteiger partial charge in [0.05, 0.1) is 49.7 Å². The predicted molar refractivity (Wildman–Crippen MR) is 135 cm³/mol. The minimum atomic E-state index is -4.33. The van der Waals surface area contributed by atoms with E-state index >= 15 is 0 Å². The molecular weight excluding hydrogens is 521 g/mol. The number of hydrogen-bond acceptors (Lipinski definition) is 8. The summed E-state index contributed by atoms with van der Waals surface area (Å²) in [4.78, 5) is 10.2. The van der Waals surface area contributed by atoms with Crippen LogP contribution in [0.4, 0.5) is 5.69 Å². The fraction of sp³-hybridized carbons (Fsp3) is 0.200. The van der Waals surface area contributed by atoms with E-state index in [1.54, 1.807) is 35.6 Å². The molecule has 4 aromatic rings. The number of aromatic nitrogens is 2. The molecule has 1 unspecified atom stereocenters. The van der Waals surface area contributed by atoms with Crippen LogP contribution in [0.2, 0.25) is 0 Å². The Morgan fingerprint density at radius 3 is 2.52 bits per heavy atom. The molecule has 0 saturated heterocycles. The number of thiophene rings is 1. The molecular formula is C20H20N4O4S5. The van der Waals surface area contributed by atoms with Gasteiger partial charge in [0, 0.05) is 10.8 Å². The van der Waals surface area contributed by atoms with Crippen LogP contribution in [0, 0.1) is 6.92 Å². The van der Waals surface area contributed by atoms with Gasteiger partial charge in [0.15, 0.2) is 0 Å². The van der Waals surface area contributed by atoms with Gasteiger partial charge in [0.2, 0.25) is 0 Å². The summed E-state index contributed by atoms with van der Waals surface area (Å²) in [5.74, 6) is 0.292. The number of rotatable bonds is 10. The van der Waals surface area contributed by atoms with Gasteiger partial charge in [-0.1, -0.05) is 18.2 Å². The van der Waals surface area contributed by atoms with Crippen LogP contribution < -0.4 is 9.44 Å². The Morgan fingerprint density at radius 1 is 1.09 bits per heavy atom. The van der Waals surface area contributed by atoms with Crippen LogP contribution in [-0.4, -0.2) is 27.1 Å². The third-order valence-electron chi connectivity index (χ3n) is 4.47. The van der Waals surface area contributed by atoms with E-state index in [0.717, 1.165) is 31.8 Å². The molecule has 33 heavy (non-hydrogen) atoms. The Kier molecular flexibility index (Phi) is 7.69. The topological polar surface area (TPSA) is 121 Å². The van der Waals surface area contributed by atoms with Crippen molar-refractivity contribution in [3.63, 3.8) is 0 Å². The lowest BCUT2D eigenvalue weighted by Crippen LogP contribution is -2.27. The van der Waals surface area contributed by atoms with Gasteiger partial charge < -0.3 is 0 Å². The van der Waals surface area contributed by atoms with E-state index in [4.69, 9.17) is 9.54 Å². The molecule has 174 valence electrons. The molecule has 0 aliphatic carbocycles. The summed E-state index contributed by atoms with van der Waals surface area (Å²) in [6, 6.07) is 10.3. The first kappa shape index (κ1) is 24.1. The van der Waals surface area contributed by atoms with E-state index in [1.165, 1.54) is 22.7 Å². The molecule has 0 saturated carbocycles. The molecule has 1 aromatic carbocycles. The Hall–Kier alpha value is -2.00. The molecule has 0 spiro atoms. The first-order valence-electron chi connectivity index (χ1n) is 9.64. The highest BCUT2D eigenvalue weighted by molar-refractivity contribution is 7.87. The van der Waals surface area contributed by atoms with Crippen LogP contribution >= 0.6 is 34.0 Å². The summed E-state index contributed by atoms with van der Waals surface area (Å²) >= 11 is 4.67. The van der Waals surface area contributed by atoms with Gasteiger partial charge in [-0.15, -0.1) is 34.0 Å². The van der Waals surface area contributed by atoms with Gasteiger partial charge in [-0.25, -0.2) is 18.9 Å². The maximum atomic E-state index is 12.9. The van der Waals surface area contributed by atoms with Crippen molar-refractivity contribution < 1.29 is 17.2 Å². The Labute approximate surface area is 206 Å². The zero-order valence-electron chi connectivity index (χ0n) is 17.3. The van der Waals surface area contributed by atoms with Gasteiger partial charge in [0.25, 0.3) is 0 Å². The highest BCUT2D eigenvalue weighted by atomic mass is 32.2. The minimum absolute atomic E-state index is 0.252. The van der Waals surface area contributed by atoms with E-state index in [2.05, 4.69) is 9.71 Å². The van der Waals surface area contributed by atoms with Crippen LogP contribution in [0.25, 0.3) is 9.88 Å². The fourth-order valence-electron chi connectivity index (χ4n) is 3.07. The summed E-state index contributed by atoms with van der Waals surface area (Å²) < 4.78 is 49.1.